The zero-order chi connectivity index (χ0) is 16.2. The van der Waals surface area contributed by atoms with E-state index < -0.39 is 0 Å². The standard InChI is InChI=1S/C14H18ClN5O2S/c15-14-18-9-8-10(13(21)17-3-1-2-16)23-11(9)12(19-14)20-4-6-22-7-5-20/h8H,1-7,16H2,(H,17,21). The molecule has 0 unspecified atom stereocenters. The molecule has 0 saturated carbocycles. The van der Waals surface area contributed by atoms with E-state index in [1.165, 1.54) is 11.3 Å². The van der Waals surface area contributed by atoms with Crippen LogP contribution in [0.5, 0.6) is 0 Å². The average molecular weight is 356 g/mol. The number of hydrogen-bond donors (Lipinski definition) is 2. The molecule has 2 aromatic heterocycles. The first kappa shape index (κ1) is 16.4. The van der Waals surface area contributed by atoms with Gasteiger partial charge in [0.05, 0.1) is 28.3 Å². The first-order valence-electron chi connectivity index (χ1n) is 7.47. The molecule has 0 radical (unpaired) electrons. The predicted molar refractivity (Wildman–Crippen MR) is 91.5 cm³/mol. The molecule has 0 aliphatic carbocycles. The van der Waals surface area contributed by atoms with E-state index >= 15 is 0 Å². The highest BCUT2D eigenvalue weighted by molar-refractivity contribution is 7.21. The zero-order valence-corrected chi connectivity index (χ0v) is 14.1. The van der Waals surface area contributed by atoms with Crippen LogP contribution in [0.1, 0.15) is 16.1 Å². The molecule has 9 heteroatoms. The SMILES string of the molecule is NCCCNC(=O)c1cc2nc(Cl)nc(N3CCOCC3)c2s1. The fourth-order valence-electron chi connectivity index (χ4n) is 2.38. The van der Waals surface area contributed by atoms with Crippen molar-refractivity contribution >= 4 is 44.9 Å². The van der Waals surface area contributed by atoms with Crippen molar-refractivity contribution in [1.29, 1.82) is 0 Å². The van der Waals surface area contributed by atoms with Crippen molar-refractivity contribution in [1.82, 2.24) is 15.3 Å². The second kappa shape index (κ2) is 7.39. The number of nitrogens with one attached hydrogen (secondary N) is 1. The lowest BCUT2D eigenvalue weighted by Gasteiger charge is -2.28. The summed E-state index contributed by atoms with van der Waals surface area (Å²) in [5, 5.41) is 3.04. The van der Waals surface area contributed by atoms with Gasteiger partial charge in [0.15, 0.2) is 5.82 Å². The van der Waals surface area contributed by atoms with Gasteiger partial charge >= 0.3 is 0 Å². The van der Waals surface area contributed by atoms with Gasteiger partial charge in [-0.25, -0.2) is 4.98 Å². The van der Waals surface area contributed by atoms with Gasteiger partial charge < -0.3 is 20.7 Å². The molecular formula is C14H18ClN5O2S. The number of fused-ring (bicyclic) bond motifs is 1. The minimum Gasteiger partial charge on any atom is -0.378 e. The number of carbonyl (C=O) groups is 1. The molecule has 1 saturated heterocycles. The summed E-state index contributed by atoms with van der Waals surface area (Å²) in [6.45, 7) is 3.92. The molecular weight excluding hydrogens is 338 g/mol. The van der Waals surface area contributed by atoms with Crippen molar-refractivity contribution in [3.63, 3.8) is 0 Å². The van der Waals surface area contributed by atoms with Gasteiger partial charge in [-0.15, -0.1) is 11.3 Å². The van der Waals surface area contributed by atoms with E-state index in [1.807, 2.05) is 0 Å². The van der Waals surface area contributed by atoms with Crippen LogP contribution in [0.3, 0.4) is 0 Å². The molecule has 1 aliphatic heterocycles. The Labute approximate surface area is 142 Å². The van der Waals surface area contributed by atoms with Gasteiger partial charge in [-0.05, 0) is 30.6 Å². The second-order valence-corrected chi connectivity index (χ2v) is 6.53. The van der Waals surface area contributed by atoms with Gasteiger partial charge in [0, 0.05) is 19.6 Å². The maximum atomic E-state index is 12.2. The van der Waals surface area contributed by atoms with Crippen LogP contribution in [-0.2, 0) is 4.74 Å². The minimum absolute atomic E-state index is 0.120. The number of ether oxygens (including phenoxy) is 1. The third kappa shape index (κ3) is 3.72. The van der Waals surface area contributed by atoms with E-state index in [2.05, 4.69) is 20.2 Å². The molecule has 1 amide bonds. The highest BCUT2D eigenvalue weighted by atomic mass is 35.5. The Hall–Kier alpha value is -1.48. The number of nitrogens with zero attached hydrogens (tertiary/aromatic N) is 3. The number of carbonyl (C=O) groups excluding carboxylic acids is 1. The third-order valence-corrected chi connectivity index (χ3v) is 4.82. The van der Waals surface area contributed by atoms with Crippen molar-refractivity contribution < 1.29 is 9.53 Å². The van der Waals surface area contributed by atoms with Gasteiger partial charge in [-0.3, -0.25) is 4.79 Å². The summed E-state index contributed by atoms with van der Waals surface area (Å²) >= 11 is 7.43. The summed E-state index contributed by atoms with van der Waals surface area (Å²) in [6.07, 6.45) is 0.751. The topological polar surface area (TPSA) is 93.4 Å². The van der Waals surface area contributed by atoms with E-state index in [9.17, 15) is 4.79 Å². The largest absolute Gasteiger partial charge is 0.378 e. The van der Waals surface area contributed by atoms with Crippen LogP contribution in [0.15, 0.2) is 6.07 Å². The Kier molecular flexibility index (Phi) is 5.27. The molecule has 3 heterocycles. The van der Waals surface area contributed by atoms with E-state index in [1.54, 1.807) is 6.07 Å². The second-order valence-electron chi connectivity index (χ2n) is 5.14. The highest BCUT2D eigenvalue weighted by Crippen LogP contribution is 2.33. The summed E-state index contributed by atoms with van der Waals surface area (Å²) in [7, 11) is 0. The summed E-state index contributed by atoms with van der Waals surface area (Å²) in [4.78, 5) is 23.5. The first-order chi connectivity index (χ1) is 11.2. The summed E-state index contributed by atoms with van der Waals surface area (Å²) in [6, 6.07) is 1.76. The van der Waals surface area contributed by atoms with E-state index in [0.29, 0.717) is 36.7 Å². The third-order valence-electron chi connectivity index (χ3n) is 3.53. The van der Waals surface area contributed by atoms with E-state index in [4.69, 9.17) is 22.1 Å². The fourth-order valence-corrected chi connectivity index (χ4v) is 3.58. The van der Waals surface area contributed by atoms with Gasteiger partial charge in [-0.1, -0.05) is 0 Å². The van der Waals surface area contributed by atoms with Gasteiger partial charge in [0.2, 0.25) is 5.28 Å². The van der Waals surface area contributed by atoms with Crippen LogP contribution in [-0.4, -0.2) is 55.3 Å². The Morgan fingerprint density at radius 1 is 1.43 bits per heavy atom. The van der Waals surface area contributed by atoms with Crippen molar-refractivity contribution in [2.24, 2.45) is 5.73 Å². The van der Waals surface area contributed by atoms with Gasteiger partial charge in [-0.2, -0.15) is 4.98 Å². The van der Waals surface area contributed by atoms with E-state index in [0.717, 1.165) is 30.0 Å². The van der Waals surface area contributed by atoms with E-state index in [-0.39, 0.29) is 11.2 Å². The van der Waals surface area contributed by atoms with Crippen molar-refractivity contribution in [2.75, 3.05) is 44.3 Å². The van der Waals surface area contributed by atoms with Gasteiger partial charge in [0.1, 0.15) is 0 Å². The minimum atomic E-state index is -0.120. The molecule has 0 spiro atoms. The molecule has 2 aromatic rings. The number of morpholine rings is 1. The summed E-state index contributed by atoms with van der Waals surface area (Å²) < 4.78 is 6.25. The van der Waals surface area contributed by atoms with Crippen LogP contribution in [0.2, 0.25) is 5.28 Å². The monoisotopic (exact) mass is 355 g/mol. The van der Waals surface area contributed by atoms with Crippen LogP contribution in [0.25, 0.3) is 10.2 Å². The molecule has 124 valence electrons. The molecule has 3 N–H and O–H groups in total. The Bertz CT molecular complexity index is 702. The van der Waals surface area contributed by atoms with Crippen molar-refractivity contribution in [3.05, 3.63) is 16.2 Å². The van der Waals surface area contributed by atoms with Crippen LogP contribution in [0, 0.1) is 0 Å². The van der Waals surface area contributed by atoms with Crippen molar-refractivity contribution in [2.45, 2.75) is 6.42 Å². The molecule has 3 rings (SSSR count). The number of aromatic nitrogens is 2. The number of halogens is 1. The average Bonchev–Trinajstić information content (AvgIpc) is 2.99. The fraction of sp³-hybridized carbons (Fsp3) is 0.500. The lowest BCUT2D eigenvalue weighted by atomic mass is 10.3. The Morgan fingerprint density at radius 3 is 2.96 bits per heavy atom. The summed E-state index contributed by atoms with van der Waals surface area (Å²) in [5.74, 6) is 0.653. The molecule has 0 bridgehead atoms. The Balaban J connectivity index is 1.90. The van der Waals surface area contributed by atoms with Crippen molar-refractivity contribution in [3.8, 4) is 0 Å². The Morgan fingerprint density at radius 2 is 2.22 bits per heavy atom. The molecule has 7 nitrogen and oxygen atoms in total. The highest BCUT2D eigenvalue weighted by Gasteiger charge is 2.20. The molecule has 1 fully saturated rings. The van der Waals surface area contributed by atoms with Crippen LogP contribution >= 0.6 is 22.9 Å². The quantitative estimate of drug-likeness (QED) is 0.619. The van der Waals surface area contributed by atoms with Gasteiger partial charge in [0.25, 0.3) is 5.91 Å². The molecule has 0 atom stereocenters. The number of hydrogen-bond acceptors (Lipinski definition) is 7. The maximum absolute atomic E-state index is 12.2. The normalized spacial score (nSPS) is 15.1. The number of amides is 1. The molecule has 0 aromatic carbocycles. The zero-order valence-electron chi connectivity index (χ0n) is 12.5. The number of thiophene rings is 1. The number of nitrogens with two attached hydrogens (primary N) is 1. The van der Waals surface area contributed by atoms with Crippen LogP contribution < -0.4 is 16.0 Å². The maximum Gasteiger partial charge on any atom is 0.261 e. The first-order valence-corrected chi connectivity index (χ1v) is 8.66. The smallest absolute Gasteiger partial charge is 0.261 e. The van der Waals surface area contributed by atoms with Crippen LogP contribution in [0.4, 0.5) is 5.82 Å². The molecule has 23 heavy (non-hydrogen) atoms. The number of rotatable bonds is 5. The lowest BCUT2D eigenvalue weighted by molar-refractivity contribution is 0.0957. The predicted octanol–water partition coefficient (Wildman–Crippen LogP) is 1.26. The molecule has 1 aliphatic rings. The lowest BCUT2D eigenvalue weighted by Crippen LogP contribution is -2.36. The number of anilines is 1. The summed E-state index contributed by atoms with van der Waals surface area (Å²) in [5.41, 5.74) is 6.13.